The molecule has 2 rings (SSSR count). The highest BCUT2D eigenvalue weighted by atomic mass is 32.1. The summed E-state index contributed by atoms with van der Waals surface area (Å²) in [4.78, 5) is 9.92. The first-order chi connectivity index (χ1) is 9.11. The molecule has 102 valence electrons. The normalized spacial score (nSPS) is 10.7. The number of nitrogens with zero attached hydrogens (tertiary/aromatic N) is 2. The van der Waals surface area contributed by atoms with Crippen molar-refractivity contribution in [2.24, 2.45) is 5.73 Å². The lowest BCUT2D eigenvalue weighted by atomic mass is 10.1. The van der Waals surface area contributed by atoms with E-state index in [9.17, 15) is 0 Å². The predicted octanol–water partition coefficient (Wildman–Crippen LogP) is 2.54. The Bertz CT molecular complexity index is 566. The maximum atomic E-state index is 5.88. The fourth-order valence-corrected chi connectivity index (χ4v) is 2.78. The molecule has 0 bridgehead atoms. The van der Waals surface area contributed by atoms with Crippen LogP contribution in [0.3, 0.4) is 0 Å². The Balaban J connectivity index is 2.05. The number of aryl methyl sites for hydroxylation is 3. The zero-order chi connectivity index (χ0) is 13.8. The van der Waals surface area contributed by atoms with E-state index >= 15 is 0 Å². The monoisotopic (exact) mass is 277 g/mol. The summed E-state index contributed by atoms with van der Waals surface area (Å²) in [7, 11) is 0. The molecule has 0 aliphatic heterocycles. The van der Waals surface area contributed by atoms with Gasteiger partial charge in [-0.3, -0.25) is 4.98 Å². The topological polar surface area (TPSA) is 61.0 Å². The third-order valence-corrected chi connectivity index (χ3v) is 4.05. The first-order valence-electron chi connectivity index (χ1n) is 6.30. The third kappa shape index (κ3) is 3.30. The molecular weight excluding hydrogens is 258 g/mol. The minimum Gasteiger partial charge on any atom is -0.493 e. The van der Waals surface area contributed by atoms with Gasteiger partial charge in [0.15, 0.2) is 0 Å². The Morgan fingerprint density at radius 3 is 2.68 bits per heavy atom. The van der Waals surface area contributed by atoms with Crippen LogP contribution in [0.1, 0.15) is 27.5 Å². The van der Waals surface area contributed by atoms with Crippen LogP contribution in [0.4, 0.5) is 0 Å². The van der Waals surface area contributed by atoms with E-state index in [1.54, 1.807) is 11.3 Å². The molecule has 5 heteroatoms. The fourth-order valence-electron chi connectivity index (χ4n) is 2.02. The van der Waals surface area contributed by atoms with Gasteiger partial charge in [0.1, 0.15) is 5.75 Å². The smallest absolute Gasteiger partial charge is 0.127 e. The molecule has 2 aromatic heterocycles. The van der Waals surface area contributed by atoms with E-state index in [0.29, 0.717) is 13.2 Å². The van der Waals surface area contributed by atoms with Crippen molar-refractivity contribution in [1.82, 2.24) is 9.97 Å². The fraction of sp³-hybridized carbons (Fsp3) is 0.429. The van der Waals surface area contributed by atoms with Crippen molar-refractivity contribution >= 4 is 11.3 Å². The number of nitrogens with two attached hydrogens (primary N) is 1. The lowest BCUT2D eigenvalue weighted by Crippen LogP contribution is -2.09. The summed E-state index contributed by atoms with van der Waals surface area (Å²) < 4.78 is 5.88. The highest BCUT2D eigenvalue weighted by molar-refractivity contribution is 7.09. The van der Waals surface area contributed by atoms with Gasteiger partial charge in [-0.1, -0.05) is 0 Å². The van der Waals surface area contributed by atoms with E-state index in [1.807, 2.05) is 32.3 Å². The van der Waals surface area contributed by atoms with Crippen LogP contribution in [-0.2, 0) is 13.0 Å². The highest BCUT2D eigenvalue weighted by Gasteiger charge is 2.09. The number of hydrogen-bond acceptors (Lipinski definition) is 5. The van der Waals surface area contributed by atoms with Gasteiger partial charge < -0.3 is 10.5 Å². The minimum absolute atomic E-state index is 0.452. The zero-order valence-electron chi connectivity index (χ0n) is 11.6. The van der Waals surface area contributed by atoms with Crippen molar-refractivity contribution < 1.29 is 4.74 Å². The molecule has 0 aliphatic rings. The average Bonchev–Trinajstić information content (AvgIpc) is 2.75. The Kier molecular flexibility index (Phi) is 4.50. The zero-order valence-corrected chi connectivity index (χ0v) is 12.4. The Morgan fingerprint density at radius 1 is 1.26 bits per heavy atom. The molecule has 4 nitrogen and oxygen atoms in total. The van der Waals surface area contributed by atoms with Crippen molar-refractivity contribution in [2.75, 3.05) is 6.61 Å². The van der Waals surface area contributed by atoms with Gasteiger partial charge in [-0.2, -0.15) is 0 Å². The van der Waals surface area contributed by atoms with E-state index in [4.69, 9.17) is 10.5 Å². The molecular formula is C14H19N3OS. The molecule has 0 unspecified atom stereocenters. The molecule has 0 amide bonds. The maximum absolute atomic E-state index is 5.88. The van der Waals surface area contributed by atoms with Gasteiger partial charge in [0.2, 0.25) is 0 Å². The minimum atomic E-state index is 0.452. The SMILES string of the molecule is Cc1cc(OCCc2scnc2C)c(CN)c(C)n1. The van der Waals surface area contributed by atoms with E-state index in [1.165, 1.54) is 4.88 Å². The van der Waals surface area contributed by atoms with E-state index < -0.39 is 0 Å². The molecule has 0 spiro atoms. The molecule has 2 N–H and O–H groups in total. The van der Waals surface area contributed by atoms with Crippen LogP contribution in [-0.4, -0.2) is 16.6 Å². The lowest BCUT2D eigenvalue weighted by molar-refractivity contribution is 0.318. The second-order valence-corrected chi connectivity index (χ2v) is 5.43. The van der Waals surface area contributed by atoms with Gasteiger partial charge >= 0.3 is 0 Å². The van der Waals surface area contributed by atoms with Crippen molar-refractivity contribution in [3.8, 4) is 5.75 Å². The second-order valence-electron chi connectivity index (χ2n) is 4.49. The van der Waals surface area contributed by atoms with Gasteiger partial charge in [-0.05, 0) is 20.8 Å². The van der Waals surface area contributed by atoms with Gasteiger partial charge in [0.25, 0.3) is 0 Å². The summed E-state index contributed by atoms with van der Waals surface area (Å²) in [5.41, 5.74) is 11.6. The van der Waals surface area contributed by atoms with Gasteiger partial charge in [0, 0.05) is 40.9 Å². The summed E-state index contributed by atoms with van der Waals surface area (Å²) in [6.45, 7) is 7.05. The molecule has 2 aromatic rings. The first kappa shape index (κ1) is 14.0. The maximum Gasteiger partial charge on any atom is 0.127 e. The third-order valence-electron chi connectivity index (χ3n) is 3.05. The van der Waals surface area contributed by atoms with Crippen LogP contribution in [0, 0.1) is 20.8 Å². The quantitative estimate of drug-likeness (QED) is 0.912. The van der Waals surface area contributed by atoms with Gasteiger partial charge in [-0.15, -0.1) is 11.3 Å². The molecule has 0 atom stereocenters. The van der Waals surface area contributed by atoms with Crippen LogP contribution in [0.15, 0.2) is 11.6 Å². The number of hydrogen-bond donors (Lipinski definition) is 1. The molecule has 0 aliphatic carbocycles. The van der Waals surface area contributed by atoms with Crippen LogP contribution in [0.25, 0.3) is 0 Å². The second kappa shape index (κ2) is 6.12. The summed E-state index contributed by atoms with van der Waals surface area (Å²) in [5, 5.41) is 0. The average molecular weight is 277 g/mol. The first-order valence-corrected chi connectivity index (χ1v) is 7.18. The Labute approximate surface area is 117 Å². The Hall–Kier alpha value is -1.46. The molecule has 0 saturated carbocycles. The molecule has 0 saturated heterocycles. The van der Waals surface area contributed by atoms with E-state index in [-0.39, 0.29) is 0 Å². The summed E-state index contributed by atoms with van der Waals surface area (Å²) >= 11 is 1.67. The molecule has 2 heterocycles. The number of pyridine rings is 1. The number of rotatable bonds is 5. The van der Waals surface area contributed by atoms with E-state index in [2.05, 4.69) is 9.97 Å². The predicted molar refractivity (Wildman–Crippen MR) is 77.7 cm³/mol. The number of aromatic nitrogens is 2. The summed E-state index contributed by atoms with van der Waals surface area (Å²) in [6.07, 6.45) is 0.876. The van der Waals surface area contributed by atoms with Crippen molar-refractivity contribution in [3.63, 3.8) is 0 Å². The van der Waals surface area contributed by atoms with Crippen LogP contribution in [0.5, 0.6) is 5.75 Å². The van der Waals surface area contributed by atoms with Crippen LogP contribution in [0.2, 0.25) is 0 Å². The van der Waals surface area contributed by atoms with E-state index in [0.717, 1.165) is 34.8 Å². The van der Waals surface area contributed by atoms with Crippen LogP contribution >= 0.6 is 11.3 Å². The van der Waals surface area contributed by atoms with Crippen molar-refractivity contribution in [2.45, 2.75) is 33.7 Å². The standard InChI is InChI=1S/C14H19N3OS/c1-9-6-13(12(7-15)10(2)17-9)18-5-4-14-11(3)16-8-19-14/h6,8H,4-5,7,15H2,1-3H3. The largest absolute Gasteiger partial charge is 0.493 e. The highest BCUT2D eigenvalue weighted by Crippen LogP contribution is 2.22. The van der Waals surface area contributed by atoms with Gasteiger partial charge in [-0.25, -0.2) is 4.98 Å². The lowest BCUT2D eigenvalue weighted by Gasteiger charge is -2.13. The number of thiazole rings is 1. The number of ether oxygens (including phenoxy) is 1. The summed E-state index contributed by atoms with van der Waals surface area (Å²) in [5.74, 6) is 0.856. The van der Waals surface area contributed by atoms with Gasteiger partial charge in [0.05, 0.1) is 17.8 Å². The molecule has 0 radical (unpaired) electrons. The summed E-state index contributed by atoms with van der Waals surface area (Å²) in [6, 6.07) is 1.95. The molecule has 0 aromatic carbocycles. The molecule has 0 fully saturated rings. The van der Waals surface area contributed by atoms with Crippen molar-refractivity contribution in [3.05, 3.63) is 39.1 Å². The Morgan fingerprint density at radius 2 is 2.05 bits per heavy atom. The molecule has 19 heavy (non-hydrogen) atoms. The van der Waals surface area contributed by atoms with Crippen molar-refractivity contribution in [1.29, 1.82) is 0 Å². The van der Waals surface area contributed by atoms with Crippen LogP contribution < -0.4 is 10.5 Å².